The number of phenolic OH excluding ortho intramolecular Hbond substituents is 1. The van der Waals surface area contributed by atoms with Crippen LogP contribution < -0.4 is 0 Å². The van der Waals surface area contributed by atoms with Gasteiger partial charge in [-0.2, -0.15) is 0 Å². The lowest BCUT2D eigenvalue weighted by Gasteiger charge is -2.10. The van der Waals surface area contributed by atoms with Crippen LogP contribution in [-0.2, 0) is 9.47 Å². The second-order valence-electron chi connectivity index (χ2n) is 3.89. The van der Waals surface area contributed by atoms with Gasteiger partial charge in [0.25, 0.3) is 0 Å². The molecular weight excluding hydrogens is 335 g/mol. The van der Waals surface area contributed by atoms with E-state index in [1.807, 2.05) is 0 Å². The summed E-state index contributed by atoms with van der Waals surface area (Å²) in [5.74, 6) is -0.556. The zero-order valence-corrected chi connectivity index (χ0v) is 11.3. The van der Waals surface area contributed by atoms with Gasteiger partial charge in [0.1, 0.15) is 17.9 Å². The fourth-order valence-corrected chi connectivity index (χ4v) is 2.19. The Morgan fingerprint density at radius 3 is 3.12 bits per heavy atom. The van der Waals surface area contributed by atoms with Gasteiger partial charge in [-0.25, -0.2) is 4.79 Å². The average molecular weight is 348 g/mol. The molecule has 0 radical (unpaired) electrons. The fourth-order valence-electron chi connectivity index (χ4n) is 1.69. The predicted molar refractivity (Wildman–Crippen MR) is 70.1 cm³/mol. The molecule has 1 aromatic rings. The van der Waals surface area contributed by atoms with E-state index in [2.05, 4.69) is 22.6 Å². The Bertz CT molecular complexity index is 413. The molecule has 1 fully saturated rings. The van der Waals surface area contributed by atoms with E-state index >= 15 is 0 Å². The molecule has 0 aromatic heterocycles. The van der Waals surface area contributed by atoms with Gasteiger partial charge in [0.2, 0.25) is 0 Å². The molecule has 0 bridgehead atoms. The Balaban J connectivity index is 1.96. The van der Waals surface area contributed by atoms with E-state index < -0.39 is 5.97 Å². The minimum Gasteiger partial charge on any atom is -0.507 e. The summed E-state index contributed by atoms with van der Waals surface area (Å²) in [4.78, 5) is 11.7. The molecule has 5 heteroatoms. The van der Waals surface area contributed by atoms with Crippen molar-refractivity contribution in [3.8, 4) is 5.75 Å². The van der Waals surface area contributed by atoms with E-state index in [9.17, 15) is 9.90 Å². The Morgan fingerprint density at radius 1 is 1.59 bits per heavy atom. The van der Waals surface area contributed by atoms with Crippen molar-refractivity contribution >= 4 is 28.6 Å². The smallest absolute Gasteiger partial charge is 0.342 e. The van der Waals surface area contributed by atoms with Crippen molar-refractivity contribution in [2.75, 3.05) is 13.2 Å². The van der Waals surface area contributed by atoms with Gasteiger partial charge in [0, 0.05) is 10.2 Å². The van der Waals surface area contributed by atoms with Crippen molar-refractivity contribution in [3.63, 3.8) is 0 Å². The van der Waals surface area contributed by atoms with Crippen LogP contribution >= 0.6 is 22.6 Å². The molecule has 0 amide bonds. The van der Waals surface area contributed by atoms with Crippen LogP contribution in [0.25, 0.3) is 0 Å². The molecule has 1 aromatic carbocycles. The summed E-state index contributed by atoms with van der Waals surface area (Å²) >= 11 is 2.08. The van der Waals surface area contributed by atoms with E-state index in [0.29, 0.717) is 0 Å². The summed E-state index contributed by atoms with van der Waals surface area (Å²) in [7, 11) is 0. The van der Waals surface area contributed by atoms with Gasteiger partial charge in [-0.3, -0.25) is 0 Å². The molecule has 4 nitrogen and oxygen atoms in total. The van der Waals surface area contributed by atoms with Crippen LogP contribution in [0.4, 0.5) is 0 Å². The SMILES string of the molecule is O=C(OCC1CCCO1)c1cc(I)ccc1O. The quantitative estimate of drug-likeness (QED) is 0.673. The van der Waals surface area contributed by atoms with E-state index in [1.165, 1.54) is 6.07 Å². The molecule has 2 rings (SSSR count). The summed E-state index contributed by atoms with van der Waals surface area (Å²) in [5, 5.41) is 9.56. The molecule has 0 aliphatic carbocycles. The molecule has 17 heavy (non-hydrogen) atoms. The Morgan fingerprint density at radius 2 is 2.41 bits per heavy atom. The number of benzene rings is 1. The maximum atomic E-state index is 11.7. The largest absolute Gasteiger partial charge is 0.507 e. The molecule has 92 valence electrons. The summed E-state index contributed by atoms with van der Waals surface area (Å²) < 4.78 is 11.4. The zero-order chi connectivity index (χ0) is 12.3. The molecular formula is C12H13IO4. The Kier molecular flexibility index (Phi) is 4.22. The monoisotopic (exact) mass is 348 g/mol. The minimum absolute atomic E-state index is 0.00359. The van der Waals surface area contributed by atoms with Crippen molar-refractivity contribution in [2.45, 2.75) is 18.9 Å². The fraction of sp³-hybridized carbons (Fsp3) is 0.417. The predicted octanol–water partition coefficient (Wildman–Crippen LogP) is 2.33. The number of hydrogen-bond donors (Lipinski definition) is 1. The van der Waals surface area contributed by atoms with Gasteiger partial charge < -0.3 is 14.6 Å². The summed E-state index contributed by atoms with van der Waals surface area (Å²) in [6.45, 7) is 0.987. The molecule has 1 N–H and O–H groups in total. The van der Waals surface area contributed by atoms with E-state index in [0.717, 1.165) is 23.0 Å². The number of aromatic hydroxyl groups is 1. The molecule has 1 unspecified atom stereocenters. The highest BCUT2D eigenvalue weighted by Crippen LogP contribution is 2.21. The first-order chi connectivity index (χ1) is 8.16. The number of phenols is 1. The van der Waals surface area contributed by atoms with Gasteiger partial charge in [0.05, 0.1) is 6.10 Å². The molecule has 1 aliphatic heterocycles. The number of rotatable bonds is 3. The van der Waals surface area contributed by atoms with Crippen LogP contribution in [0.1, 0.15) is 23.2 Å². The number of carbonyl (C=O) groups is 1. The number of ether oxygens (including phenoxy) is 2. The minimum atomic E-state index is -0.503. The number of hydrogen-bond acceptors (Lipinski definition) is 4. The molecule has 1 heterocycles. The summed E-state index contributed by atoms with van der Waals surface area (Å²) in [6, 6.07) is 4.82. The van der Waals surface area contributed by atoms with Crippen molar-refractivity contribution < 1.29 is 19.4 Å². The van der Waals surface area contributed by atoms with Crippen LogP contribution in [0.3, 0.4) is 0 Å². The van der Waals surface area contributed by atoms with Crippen LogP contribution in [-0.4, -0.2) is 30.4 Å². The topological polar surface area (TPSA) is 55.8 Å². The maximum absolute atomic E-state index is 11.7. The molecule has 0 saturated carbocycles. The second-order valence-corrected chi connectivity index (χ2v) is 5.14. The third kappa shape index (κ3) is 3.32. The maximum Gasteiger partial charge on any atom is 0.342 e. The van der Waals surface area contributed by atoms with Crippen molar-refractivity contribution in [2.24, 2.45) is 0 Å². The molecule has 1 saturated heterocycles. The Hall–Kier alpha value is -0.820. The molecule has 1 atom stereocenters. The first kappa shape index (κ1) is 12.6. The van der Waals surface area contributed by atoms with Gasteiger partial charge in [0.15, 0.2) is 0 Å². The molecule has 1 aliphatic rings. The van der Waals surface area contributed by atoms with Crippen molar-refractivity contribution in [1.29, 1.82) is 0 Å². The number of esters is 1. The molecule has 0 spiro atoms. The lowest BCUT2D eigenvalue weighted by molar-refractivity contribution is 0.0159. The average Bonchev–Trinajstić information content (AvgIpc) is 2.82. The standard InChI is InChI=1S/C12H13IO4/c13-8-3-4-11(14)10(6-8)12(15)17-7-9-2-1-5-16-9/h3-4,6,9,14H,1-2,5,7H2. The van der Waals surface area contributed by atoms with Gasteiger partial charge in [-0.15, -0.1) is 0 Å². The highest BCUT2D eigenvalue weighted by Gasteiger charge is 2.19. The van der Waals surface area contributed by atoms with E-state index in [1.54, 1.807) is 12.1 Å². The Labute approximate surface area is 113 Å². The first-order valence-corrected chi connectivity index (χ1v) is 6.52. The van der Waals surface area contributed by atoms with Crippen LogP contribution in [0.15, 0.2) is 18.2 Å². The number of halogens is 1. The van der Waals surface area contributed by atoms with Gasteiger partial charge >= 0.3 is 5.97 Å². The van der Waals surface area contributed by atoms with Crippen LogP contribution in [0.2, 0.25) is 0 Å². The van der Waals surface area contributed by atoms with E-state index in [-0.39, 0.29) is 24.0 Å². The van der Waals surface area contributed by atoms with Gasteiger partial charge in [-0.1, -0.05) is 0 Å². The lowest BCUT2D eigenvalue weighted by atomic mass is 10.2. The first-order valence-electron chi connectivity index (χ1n) is 5.44. The summed E-state index contributed by atoms with van der Waals surface area (Å²) in [5.41, 5.74) is 0.204. The van der Waals surface area contributed by atoms with Crippen LogP contribution in [0.5, 0.6) is 5.75 Å². The third-order valence-electron chi connectivity index (χ3n) is 2.60. The van der Waals surface area contributed by atoms with Crippen LogP contribution in [0, 0.1) is 3.57 Å². The highest BCUT2D eigenvalue weighted by atomic mass is 127. The lowest BCUT2D eigenvalue weighted by Crippen LogP contribution is -2.18. The zero-order valence-electron chi connectivity index (χ0n) is 9.19. The highest BCUT2D eigenvalue weighted by molar-refractivity contribution is 14.1. The number of carbonyl (C=O) groups excluding carboxylic acids is 1. The van der Waals surface area contributed by atoms with Crippen molar-refractivity contribution in [3.05, 3.63) is 27.3 Å². The summed E-state index contributed by atoms with van der Waals surface area (Å²) in [6.07, 6.45) is 1.94. The second kappa shape index (κ2) is 5.68. The normalized spacial score (nSPS) is 19.2. The van der Waals surface area contributed by atoms with Gasteiger partial charge in [-0.05, 0) is 53.6 Å². The van der Waals surface area contributed by atoms with Crippen molar-refractivity contribution in [1.82, 2.24) is 0 Å². The third-order valence-corrected chi connectivity index (χ3v) is 3.27. The van der Waals surface area contributed by atoms with E-state index in [4.69, 9.17) is 9.47 Å².